The Hall–Kier alpha value is -1.42. The summed E-state index contributed by atoms with van der Waals surface area (Å²) in [5.74, 6) is 6.37. The maximum atomic E-state index is 5.63. The van der Waals surface area contributed by atoms with Gasteiger partial charge in [-0.1, -0.05) is 0 Å². The van der Waals surface area contributed by atoms with Gasteiger partial charge in [0.25, 0.3) is 0 Å². The molecule has 0 atom stereocenters. The van der Waals surface area contributed by atoms with E-state index in [2.05, 4.69) is 9.98 Å². The third-order valence-electron chi connectivity index (χ3n) is 1.55. The van der Waals surface area contributed by atoms with Crippen LogP contribution < -0.4 is 10.9 Å². The van der Waals surface area contributed by atoms with E-state index in [0.717, 1.165) is 11.5 Å². The van der Waals surface area contributed by atoms with E-state index in [1.54, 1.807) is 17.4 Å². The molecule has 1 aromatic heterocycles. The lowest BCUT2D eigenvalue weighted by Crippen LogP contribution is -2.34. The number of nitrogens with zero attached hydrogens (tertiary/aromatic N) is 3. The minimum absolute atomic E-state index is 0.629. The Labute approximate surface area is 64.3 Å². The third kappa shape index (κ3) is 0.969. The first-order chi connectivity index (χ1) is 5.38. The first-order valence-electron chi connectivity index (χ1n) is 3.38. The van der Waals surface area contributed by atoms with Crippen molar-refractivity contribution in [3.05, 3.63) is 18.3 Å². The molecule has 1 aliphatic rings. The Morgan fingerprint density at radius 3 is 3.27 bits per heavy atom. The summed E-state index contributed by atoms with van der Waals surface area (Å²) in [4.78, 5) is 8.22. The summed E-state index contributed by atoms with van der Waals surface area (Å²) >= 11 is 0. The number of rotatable bonds is 0. The maximum absolute atomic E-state index is 5.63. The van der Waals surface area contributed by atoms with Gasteiger partial charge in [0.15, 0.2) is 5.82 Å². The summed E-state index contributed by atoms with van der Waals surface area (Å²) in [6, 6.07) is 3.73. The van der Waals surface area contributed by atoms with Crippen LogP contribution in [-0.4, -0.2) is 17.7 Å². The van der Waals surface area contributed by atoms with Gasteiger partial charge in [0, 0.05) is 12.4 Å². The Bertz CT molecular complexity index is 294. The van der Waals surface area contributed by atoms with Gasteiger partial charge in [0.2, 0.25) is 0 Å². The molecule has 2 N–H and O–H groups in total. The van der Waals surface area contributed by atoms with Crippen molar-refractivity contribution in [1.29, 1.82) is 0 Å². The zero-order valence-corrected chi connectivity index (χ0v) is 5.94. The average Bonchev–Trinajstić information content (AvgIpc) is 2.06. The molecule has 4 nitrogen and oxygen atoms in total. The van der Waals surface area contributed by atoms with Crippen LogP contribution in [0.3, 0.4) is 0 Å². The van der Waals surface area contributed by atoms with Crippen molar-refractivity contribution in [3.8, 4) is 0 Å². The van der Waals surface area contributed by atoms with E-state index in [-0.39, 0.29) is 0 Å². The molecule has 0 aliphatic carbocycles. The molecule has 2 heterocycles. The second-order valence-corrected chi connectivity index (χ2v) is 2.31. The molecule has 11 heavy (non-hydrogen) atoms. The SMILES string of the molecule is NN1CC=Nc2cccnc21. The van der Waals surface area contributed by atoms with E-state index in [1.165, 1.54) is 0 Å². The van der Waals surface area contributed by atoms with E-state index < -0.39 is 0 Å². The van der Waals surface area contributed by atoms with Crippen molar-refractivity contribution >= 4 is 17.7 Å². The number of fused-ring (bicyclic) bond motifs is 1. The largest absolute Gasteiger partial charge is 0.288 e. The fourth-order valence-corrected chi connectivity index (χ4v) is 1.02. The Morgan fingerprint density at radius 1 is 1.55 bits per heavy atom. The zero-order chi connectivity index (χ0) is 7.68. The highest BCUT2D eigenvalue weighted by Gasteiger charge is 2.10. The molecule has 0 radical (unpaired) electrons. The molecular formula is C7H8N4. The lowest BCUT2D eigenvalue weighted by Gasteiger charge is -2.19. The number of aromatic nitrogens is 1. The van der Waals surface area contributed by atoms with Crippen LogP contribution in [0.5, 0.6) is 0 Å². The van der Waals surface area contributed by atoms with Crippen LogP contribution in [0.2, 0.25) is 0 Å². The van der Waals surface area contributed by atoms with Crippen LogP contribution >= 0.6 is 0 Å². The molecule has 0 aromatic carbocycles. The highest BCUT2D eigenvalue weighted by atomic mass is 15.4. The van der Waals surface area contributed by atoms with Crippen LogP contribution in [0.15, 0.2) is 23.3 Å². The minimum Gasteiger partial charge on any atom is -0.288 e. The summed E-state index contributed by atoms with van der Waals surface area (Å²) in [5.41, 5.74) is 0.834. The van der Waals surface area contributed by atoms with Crippen molar-refractivity contribution in [1.82, 2.24) is 4.98 Å². The Morgan fingerprint density at radius 2 is 2.45 bits per heavy atom. The fourth-order valence-electron chi connectivity index (χ4n) is 1.02. The van der Waals surface area contributed by atoms with Gasteiger partial charge >= 0.3 is 0 Å². The highest BCUT2D eigenvalue weighted by molar-refractivity contribution is 5.78. The van der Waals surface area contributed by atoms with Crippen LogP contribution in [0.25, 0.3) is 0 Å². The maximum Gasteiger partial charge on any atom is 0.169 e. The number of aliphatic imine (C=N–C) groups is 1. The van der Waals surface area contributed by atoms with Crippen molar-refractivity contribution in [2.75, 3.05) is 11.6 Å². The summed E-state index contributed by atoms with van der Waals surface area (Å²) < 4.78 is 0. The molecule has 0 spiro atoms. The summed E-state index contributed by atoms with van der Waals surface area (Å²) in [5, 5.41) is 1.57. The van der Waals surface area contributed by atoms with Gasteiger partial charge in [-0.25, -0.2) is 10.8 Å². The minimum atomic E-state index is 0.629. The first kappa shape index (κ1) is 6.30. The number of hydrogen-bond donors (Lipinski definition) is 1. The van der Waals surface area contributed by atoms with E-state index in [1.807, 2.05) is 12.1 Å². The third-order valence-corrected chi connectivity index (χ3v) is 1.55. The molecule has 0 amide bonds. The smallest absolute Gasteiger partial charge is 0.169 e. The van der Waals surface area contributed by atoms with Crippen molar-refractivity contribution in [3.63, 3.8) is 0 Å². The fraction of sp³-hybridized carbons (Fsp3) is 0.143. The second-order valence-electron chi connectivity index (χ2n) is 2.31. The van der Waals surface area contributed by atoms with E-state index >= 15 is 0 Å². The van der Waals surface area contributed by atoms with E-state index in [9.17, 15) is 0 Å². The van der Waals surface area contributed by atoms with Gasteiger partial charge in [-0.3, -0.25) is 10.0 Å². The molecule has 0 saturated heterocycles. The quantitative estimate of drug-likeness (QED) is 0.544. The number of hydrogen-bond acceptors (Lipinski definition) is 4. The van der Waals surface area contributed by atoms with Crippen LogP contribution in [0.1, 0.15) is 0 Å². The summed E-state index contributed by atoms with van der Waals surface area (Å²) in [6.45, 7) is 0.629. The standard InChI is InChI=1S/C7H8N4/c8-11-5-4-9-6-2-1-3-10-7(6)11/h1-4H,5,8H2. The van der Waals surface area contributed by atoms with Crippen molar-refractivity contribution in [2.24, 2.45) is 10.8 Å². The molecule has 4 heteroatoms. The summed E-state index contributed by atoms with van der Waals surface area (Å²) in [6.07, 6.45) is 3.48. The number of hydrazine groups is 1. The molecule has 56 valence electrons. The predicted molar refractivity (Wildman–Crippen MR) is 43.9 cm³/mol. The molecule has 1 aromatic rings. The van der Waals surface area contributed by atoms with Gasteiger partial charge in [0.1, 0.15) is 5.69 Å². The average molecular weight is 148 g/mol. The number of nitrogens with two attached hydrogens (primary N) is 1. The Balaban J connectivity index is 2.54. The second kappa shape index (κ2) is 2.32. The molecule has 0 bridgehead atoms. The highest BCUT2D eigenvalue weighted by Crippen LogP contribution is 2.25. The van der Waals surface area contributed by atoms with Gasteiger partial charge in [-0.2, -0.15) is 0 Å². The van der Waals surface area contributed by atoms with E-state index in [4.69, 9.17) is 5.84 Å². The lowest BCUT2D eigenvalue weighted by atomic mass is 10.3. The lowest BCUT2D eigenvalue weighted by molar-refractivity contribution is 0.924. The Kier molecular flexibility index (Phi) is 1.33. The number of pyridine rings is 1. The predicted octanol–water partition coefficient (Wildman–Crippen LogP) is 0.478. The molecule has 0 unspecified atom stereocenters. The topological polar surface area (TPSA) is 54.5 Å². The molecule has 0 fully saturated rings. The van der Waals surface area contributed by atoms with Gasteiger partial charge < -0.3 is 0 Å². The molecular weight excluding hydrogens is 140 g/mol. The van der Waals surface area contributed by atoms with Crippen LogP contribution in [0, 0.1) is 0 Å². The summed E-state index contributed by atoms with van der Waals surface area (Å²) in [7, 11) is 0. The normalized spacial score (nSPS) is 14.8. The van der Waals surface area contributed by atoms with Gasteiger partial charge in [-0.05, 0) is 12.1 Å². The van der Waals surface area contributed by atoms with Crippen molar-refractivity contribution < 1.29 is 0 Å². The van der Waals surface area contributed by atoms with Crippen LogP contribution in [-0.2, 0) is 0 Å². The molecule has 2 rings (SSSR count). The van der Waals surface area contributed by atoms with E-state index in [0.29, 0.717) is 6.54 Å². The van der Waals surface area contributed by atoms with Gasteiger partial charge in [0.05, 0.1) is 6.54 Å². The van der Waals surface area contributed by atoms with Crippen LogP contribution in [0.4, 0.5) is 11.5 Å². The monoisotopic (exact) mass is 148 g/mol. The molecule has 1 aliphatic heterocycles. The van der Waals surface area contributed by atoms with Crippen molar-refractivity contribution in [2.45, 2.75) is 0 Å². The first-order valence-corrected chi connectivity index (χ1v) is 3.38. The van der Waals surface area contributed by atoms with Gasteiger partial charge in [-0.15, -0.1) is 0 Å². The number of anilines is 1. The molecule has 0 saturated carbocycles. The zero-order valence-electron chi connectivity index (χ0n) is 5.94.